The van der Waals surface area contributed by atoms with Gasteiger partial charge in [-0.1, -0.05) is 18.2 Å². The first kappa shape index (κ1) is 7.92. The third kappa shape index (κ3) is 1.87. The lowest BCUT2D eigenvalue weighted by Gasteiger charge is -1.99. The molecule has 0 amide bonds. The Morgan fingerprint density at radius 2 is 2.18 bits per heavy atom. The van der Waals surface area contributed by atoms with Crippen molar-refractivity contribution in [1.82, 2.24) is 0 Å². The molecule has 0 aromatic heterocycles. The lowest BCUT2D eigenvalue weighted by atomic mass is 10.1. The van der Waals surface area contributed by atoms with Crippen LogP contribution in [0.25, 0.3) is 0 Å². The molecule has 0 aromatic rings. The van der Waals surface area contributed by atoms with Crippen LogP contribution in [0.3, 0.4) is 0 Å². The highest BCUT2D eigenvalue weighted by molar-refractivity contribution is 6.07. The van der Waals surface area contributed by atoms with Gasteiger partial charge in [-0.3, -0.25) is 4.99 Å². The van der Waals surface area contributed by atoms with Crippen molar-refractivity contribution in [2.24, 2.45) is 9.98 Å². The summed E-state index contributed by atoms with van der Waals surface area (Å²) in [7, 11) is 0. The molecule has 0 aliphatic carbocycles. The van der Waals surface area contributed by atoms with E-state index in [9.17, 15) is 0 Å². The molecule has 11 heavy (non-hydrogen) atoms. The van der Waals surface area contributed by atoms with E-state index in [1.807, 2.05) is 38.2 Å². The van der Waals surface area contributed by atoms with Gasteiger partial charge in [0.05, 0.1) is 5.71 Å². The predicted octanol–water partition coefficient (Wildman–Crippen LogP) is 1.99. The Bertz CT molecular complexity index is 234. The first-order valence-electron chi connectivity index (χ1n) is 3.73. The van der Waals surface area contributed by atoms with Crippen LogP contribution in [0.4, 0.5) is 0 Å². The highest BCUT2D eigenvalue weighted by Gasteiger charge is 2.10. The molecule has 0 bridgehead atoms. The summed E-state index contributed by atoms with van der Waals surface area (Å²) in [5.74, 6) is 0. The average molecular weight is 148 g/mol. The van der Waals surface area contributed by atoms with Crippen LogP contribution in [-0.2, 0) is 0 Å². The van der Waals surface area contributed by atoms with Crippen LogP contribution in [0.5, 0.6) is 0 Å². The summed E-state index contributed by atoms with van der Waals surface area (Å²) in [5.41, 5.74) is 1.02. The van der Waals surface area contributed by atoms with E-state index in [2.05, 4.69) is 9.98 Å². The molecule has 2 heteroatoms. The largest absolute Gasteiger partial charge is 0.260 e. The molecular weight excluding hydrogens is 136 g/mol. The third-order valence-electron chi connectivity index (χ3n) is 1.45. The second-order valence-electron chi connectivity index (χ2n) is 2.29. The maximum Gasteiger partial charge on any atom is 0.112 e. The molecule has 1 atom stereocenters. The topological polar surface area (TPSA) is 24.7 Å². The van der Waals surface area contributed by atoms with Crippen LogP contribution in [0.15, 0.2) is 34.3 Å². The minimum Gasteiger partial charge on any atom is -0.260 e. The fraction of sp³-hybridized carbons (Fsp3) is 0.333. The van der Waals surface area contributed by atoms with Gasteiger partial charge in [0.2, 0.25) is 0 Å². The second kappa shape index (κ2) is 3.86. The predicted molar refractivity (Wildman–Crippen MR) is 49.3 cm³/mol. The molecule has 0 saturated carbocycles. The van der Waals surface area contributed by atoms with Gasteiger partial charge >= 0.3 is 0 Å². The monoisotopic (exact) mass is 148 g/mol. The molecule has 0 spiro atoms. The summed E-state index contributed by atoms with van der Waals surface area (Å²) >= 11 is 0. The Labute approximate surface area is 67.1 Å². The van der Waals surface area contributed by atoms with Crippen molar-refractivity contribution in [2.75, 3.05) is 0 Å². The second-order valence-corrected chi connectivity index (χ2v) is 2.29. The van der Waals surface area contributed by atoms with Crippen molar-refractivity contribution in [3.63, 3.8) is 0 Å². The number of aliphatic imine (C=N–C) groups is 2. The highest BCUT2D eigenvalue weighted by atomic mass is 15.0. The Morgan fingerprint density at radius 3 is 2.82 bits per heavy atom. The lowest BCUT2D eigenvalue weighted by molar-refractivity contribution is 1.12. The van der Waals surface area contributed by atoms with E-state index in [0.717, 1.165) is 5.71 Å². The number of hydrogen-bond donors (Lipinski definition) is 0. The Hall–Kier alpha value is -1.18. The van der Waals surface area contributed by atoms with E-state index in [4.69, 9.17) is 0 Å². The molecule has 1 aliphatic rings. The van der Waals surface area contributed by atoms with E-state index in [-0.39, 0.29) is 6.04 Å². The molecule has 58 valence electrons. The van der Waals surface area contributed by atoms with Crippen molar-refractivity contribution in [1.29, 1.82) is 0 Å². The van der Waals surface area contributed by atoms with E-state index >= 15 is 0 Å². The molecule has 0 fully saturated rings. The maximum absolute atomic E-state index is 4.16. The summed E-state index contributed by atoms with van der Waals surface area (Å²) in [5, 5.41) is 0. The smallest absolute Gasteiger partial charge is 0.112 e. The molecule has 1 aliphatic heterocycles. The number of rotatable bonds is 2. The minimum absolute atomic E-state index is 0.149. The fourth-order valence-corrected chi connectivity index (χ4v) is 0.968. The third-order valence-corrected chi connectivity index (χ3v) is 1.45. The molecule has 1 unspecified atom stereocenters. The summed E-state index contributed by atoms with van der Waals surface area (Å²) in [6, 6.07) is 0.149. The molecule has 1 rings (SSSR count). The van der Waals surface area contributed by atoms with Crippen molar-refractivity contribution >= 4 is 12.1 Å². The quantitative estimate of drug-likeness (QED) is 0.535. The first-order chi connectivity index (χ1) is 5.38. The minimum atomic E-state index is 0.149. The number of allylic oxidation sites excluding steroid dienone is 2. The van der Waals surface area contributed by atoms with Crippen molar-refractivity contribution in [3.8, 4) is 0 Å². The van der Waals surface area contributed by atoms with Crippen LogP contribution in [0.1, 0.15) is 13.8 Å². The van der Waals surface area contributed by atoms with Gasteiger partial charge in [0.1, 0.15) is 12.4 Å². The van der Waals surface area contributed by atoms with Crippen LogP contribution < -0.4 is 0 Å². The Balaban J connectivity index is 2.68. The molecule has 1 heterocycles. The van der Waals surface area contributed by atoms with Gasteiger partial charge in [0.15, 0.2) is 0 Å². The van der Waals surface area contributed by atoms with E-state index < -0.39 is 0 Å². The van der Waals surface area contributed by atoms with Crippen molar-refractivity contribution < 1.29 is 0 Å². The van der Waals surface area contributed by atoms with Crippen molar-refractivity contribution in [2.45, 2.75) is 19.9 Å². The normalized spacial score (nSPS) is 23.8. The molecule has 0 aromatic carbocycles. The SMILES string of the molecule is C/C=C\C1=NC=NC1/C=C\C. The van der Waals surface area contributed by atoms with Gasteiger partial charge in [-0.25, -0.2) is 4.99 Å². The zero-order valence-electron chi connectivity index (χ0n) is 6.86. The van der Waals surface area contributed by atoms with Crippen LogP contribution >= 0.6 is 0 Å². The fourth-order valence-electron chi connectivity index (χ4n) is 0.968. The molecular formula is C9H12N2. The zero-order chi connectivity index (χ0) is 8.10. The summed E-state index contributed by atoms with van der Waals surface area (Å²) in [6.45, 7) is 3.97. The highest BCUT2D eigenvalue weighted by Crippen LogP contribution is 2.04. The Kier molecular flexibility index (Phi) is 2.78. The van der Waals surface area contributed by atoms with Gasteiger partial charge in [0.25, 0.3) is 0 Å². The maximum atomic E-state index is 4.16. The van der Waals surface area contributed by atoms with Crippen LogP contribution in [0, 0.1) is 0 Å². The van der Waals surface area contributed by atoms with Crippen LogP contribution in [0.2, 0.25) is 0 Å². The van der Waals surface area contributed by atoms with E-state index in [0.29, 0.717) is 0 Å². The molecule has 0 radical (unpaired) electrons. The van der Waals surface area contributed by atoms with E-state index in [1.165, 1.54) is 0 Å². The Morgan fingerprint density at radius 1 is 1.36 bits per heavy atom. The van der Waals surface area contributed by atoms with Gasteiger partial charge in [-0.05, 0) is 19.9 Å². The standard InChI is InChI=1S/C9H12N2/c1-3-5-8-9(6-4-2)11-7-10-8/h3-8H,1-2H3/b5-3-,6-4-. The molecule has 2 nitrogen and oxygen atoms in total. The molecule has 0 saturated heterocycles. The van der Waals surface area contributed by atoms with Gasteiger partial charge in [0, 0.05) is 0 Å². The summed E-state index contributed by atoms with van der Waals surface area (Å²) in [6.07, 6.45) is 9.59. The number of nitrogens with zero attached hydrogens (tertiary/aromatic N) is 2. The van der Waals surface area contributed by atoms with Crippen LogP contribution in [-0.4, -0.2) is 18.1 Å². The zero-order valence-corrected chi connectivity index (χ0v) is 6.86. The average Bonchev–Trinajstić information content (AvgIpc) is 2.39. The van der Waals surface area contributed by atoms with Gasteiger partial charge in [-0.15, -0.1) is 0 Å². The summed E-state index contributed by atoms with van der Waals surface area (Å²) < 4.78 is 0. The van der Waals surface area contributed by atoms with Gasteiger partial charge < -0.3 is 0 Å². The van der Waals surface area contributed by atoms with Gasteiger partial charge in [-0.2, -0.15) is 0 Å². The molecule has 0 N–H and O–H groups in total. The summed E-state index contributed by atoms with van der Waals surface area (Å²) in [4.78, 5) is 8.27. The first-order valence-corrected chi connectivity index (χ1v) is 3.73. The lowest BCUT2D eigenvalue weighted by Crippen LogP contribution is -2.08. The van der Waals surface area contributed by atoms with E-state index in [1.54, 1.807) is 6.34 Å². The number of hydrogen-bond acceptors (Lipinski definition) is 2. The van der Waals surface area contributed by atoms with Crippen molar-refractivity contribution in [3.05, 3.63) is 24.3 Å².